The molecular weight excluding hydrogens is 218 g/mol. The summed E-state index contributed by atoms with van der Waals surface area (Å²) in [5.41, 5.74) is 7.00. The lowest BCUT2D eigenvalue weighted by Crippen LogP contribution is -2.24. The lowest BCUT2D eigenvalue weighted by molar-refractivity contribution is -0.118. The van der Waals surface area contributed by atoms with Crippen LogP contribution in [0.25, 0.3) is 5.65 Å². The Morgan fingerprint density at radius 3 is 3.06 bits per heavy atom. The molecule has 0 saturated heterocycles. The molecule has 2 aromatic heterocycles. The fourth-order valence-electron chi connectivity index (χ4n) is 1.62. The van der Waals surface area contributed by atoms with Gasteiger partial charge >= 0.3 is 0 Å². The van der Waals surface area contributed by atoms with Crippen molar-refractivity contribution in [1.82, 2.24) is 14.6 Å². The van der Waals surface area contributed by atoms with Gasteiger partial charge in [-0.15, -0.1) is 5.10 Å². The van der Waals surface area contributed by atoms with Gasteiger partial charge in [0.2, 0.25) is 11.9 Å². The Morgan fingerprint density at radius 1 is 1.59 bits per heavy atom. The Hall–Kier alpha value is -2.11. The average molecular weight is 233 g/mol. The number of fused-ring (bicyclic) bond motifs is 1. The quantitative estimate of drug-likeness (QED) is 0.814. The number of pyridine rings is 1. The van der Waals surface area contributed by atoms with Crippen LogP contribution in [0.15, 0.2) is 18.3 Å². The number of carbonyl (C=O) groups excluding carboxylic acids is 1. The van der Waals surface area contributed by atoms with Gasteiger partial charge in [-0.05, 0) is 25.5 Å². The minimum Gasteiger partial charge on any atom is -0.370 e. The van der Waals surface area contributed by atoms with Crippen LogP contribution in [0.3, 0.4) is 0 Å². The summed E-state index contributed by atoms with van der Waals surface area (Å²) in [4.78, 5) is 15.0. The smallest absolute Gasteiger partial charge is 0.243 e. The van der Waals surface area contributed by atoms with Crippen LogP contribution in [-0.2, 0) is 4.79 Å². The van der Waals surface area contributed by atoms with Gasteiger partial charge in [0.25, 0.3) is 0 Å². The first-order valence-corrected chi connectivity index (χ1v) is 5.42. The SMILES string of the molecule is Cc1ccc2nc(NC(C)CC(N)=O)nn2c1. The van der Waals surface area contributed by atoms with Crippen molar-refractivity contribution in [1.29, 1.82) is 0 Å². The molecule has 0 bridgehead atoms. The second-order valence-electron chi connectivity index (χ2n) is 4.16. The van der Waals surface area contributed by atoms with E-state index in [0.717, 1.165) is 11.2 Å². The number of aryl methyl sites for hydroxylation is 1. The highest BCUT2D eigenvalue weighted by atomic mass is 16.1. The molecule has 0 saturated carbocycles. The second kappa shape index (κ2) is 4.40. The van der Waals surface area contributed by atoms with Crippen molar-refractivity contribution in [3.8, 4) is 0 Å². The molecule has 1 atom stereocenters. The number of nitrogens with zero attached hydrogens (tertiary/aromatic N) is 3. The van der Waals surface area contributed by atoms with Crippen LogP contribution in [0.1, 0.15) is 18.9 Å². The molecule has 90 valence electrons. The Labute approximate surface area is 98.8 Å². The van der Waals surface area contributed by atoms with E-state index < -0.39 is 0 Å². The van der Waals surface area contributed by atoms with Crippen LogP contribution in [0.5, 0.6) is 0 Å². The normalized spacial score (nSPS) is 12.6. The van der Waals surface area contributed by atoms with Crippen LogP contribution >= 0.6 is 0 Å². The lowest BCUT2D eigenvalue weighted by atomic mass is 10.2. The Bertz CT molecular complexity index is 548. The van der Waals surface area contributed by atoms with Crippen LogP contribution in [0.2, 0.25) is 0 Å². The van der Waals surface area contributed by atoms with Gasteiger partial charge in [0.1, 0.15) is 0 Å². The number of aromatic nitrogens is 3. The fraction of sp³-hybridized carbons (Fsp3) is 0.364. The first-order chi connectivity index (χ1) is 8.04. The molecule has 0 radical (unpaired) electrons. The van der Waals surface area contributed by atoms with E-state index in [4.69, 9.17) is 5.73 Å². The summed E-state index contributed by atoms with van der Waals surface area (Å²) in [5.74, 6) is 0.161. The van der Waals surface area contributed by atoms with Crippen molar-refractivity contribution in [3.05, 3.63) is 23.9 Å². The number of anilines is 1. The van der Waals surface area contributed by atoms with E-state index in [1.54, 1.807) is 4.52 Å². The van der Waals surface area contributed by atoms with Gasteiger partial charge in [-0.25, -0.2) is 4.52 Å². The molecule has 6 nitrogen and oxygen atoms in total. The Morgan fingerprint density at radius 2 is 2.35 bits per heavy atom. The second-order valence-corrected chi connectivity index (χ2v) is 4.16. The van der Waals surface area contributed by atoms with E-state index in [2.05, 4.69) is 15.4 Å². The molecule has 1 unspecified atom stereocenters. The van der Waals surface area contributed by atoms with Crippen molar-refractivity contribution in [3.63, 3.8) is 0 Å². The Kier molecular flexibility index (Phi) is 2.95. The molecule has 0 aliphatic carbocycles. The van der Waals surface area contributed by atoms with Gasteiger partial charge in [0, 0.05) is 18.7 Å². The Balaban J connectivity index is 2.16. The molecule has 0 aromatic carbocycles. The van der Waals surface area contributed by atoms with Crippen molar-refractivity contribution < 1.29 is 4.79 Å². The first-order valence-electron chi connectivity index (χ1n) is 5.42. The van der Waals surface area contributed by atoms with Gasteiger partial charge in [-0.2, -0.15) is 4.98 Å². The zero-order valence-corrected chi connectivity index (χ0v) is 9.84. The summed E-state index contributed by atoms with van der Waals surface area (Å²) in [6.07, 6.45) is 2.15. The third-order valence-electron chi connectivity index (χ3n) is 2.36. The molecule has 2 rings (SSSR count). The molecule has 0 fully saturated rings. The van der Waals surface area contributed by atoms with Crippen LogP contribution in [-0.4, -0.2) is 26.5 Å². The zero-order chi connectivity index (χ0) is 12.4. The number of carbonyl (C=O) groups is 1. The van der Waals surface area contributed by atoms with Crippen molar-refractivity contribution in [2.75, 3.05) is 5.32 Å². The number of hydrogen-bond acceptors (Lipinski definition) is 4. The number of nitrogens with two attached hydrogens (primary N) is 1. The maximum absolute atomic E-state index is 10.8. The summed E-state index contributed by atoms with van der Waals surface area (Å²) in [5, 5.41) is 7.30. The van der Waals surface area contributed by atoms with Crippen LogP contribution < -0.4 is 11.1 Å². The molecular formula is C11H15N5O. The van der Waals surface area contributed by atoms with E-state index in [1.807, 2.05) is 32.2 Å². The van der Waals surface area contributed by atoms with Gasteiger partial charge in [-0.3, -0.25) is 4.79 Å². The molecule has 3 N–H and O–H groups in total. The molecule has 0 aliphatic rings. The summed E-state index contributed by atoms with van der Waals surface area (Å²) in [7, 11) is 0. The van der Waals surface area contributed by atoms with E-state index in [-0.39, 0.29) is 18.4 Å². The van der Waals surface area contributed by atoms with Crippen LogP contribution in [0, 0.1) is 6.92 Å². The molecule has 0 aliphatic heterocycles. The van der Waals surface area contributed by atoms with Crippen molar-refractivity contribution in [2.45, 2.75) is 26.3 Å². The lowest BCUT2D eigenvalue weighted by Gasteiger charge is -2.08. The van der Waals surface area contributed by atoms with E-state index in [0.29, 0.717) is 5.95 Å². The van der Waals surface area contributed by atoms with Crippen molar-refractivity contribution in [2.24, 2.45) is 5.73 Å². The average Bonchev–Trinajstić information content (AvgIpc) is 2.57. The topological polar surface area (TPSA) is 85.3 Å². The standard InChI is InChI=1S/C11H15N5O/c1-7-3-4-10-14-11(15-16(10)6-7)13-8(2)5-9(12)17/h3-4,6,8H,5H2,1-2H3,(H2,12,17)(H,13,15). The van der Waals surface area contributed by atoms with Gasteiger partial charge in [0.05, 0.1) is 0 Å². The zero-order valence-electron chi connectivity index (χ0n) is 9.84. The summed E-state index contributed by atoms with van der Waals surface area (Å²) in [6, 6.07) is 3.79. The minimum atomic E-state index is -0.343. The minimum absolute atomic E-state index is 0.0778. The van der Waals surface area contributed by atoms with Crippen molar-refractivity contribution >= 4 is 17.5 Å². The third kappa shape index (κ3) is 2.72. The highest BCUT2D eigenvalue weighted by molar-refractivity contribution is 5.74. The first kappa shape index (κ1) is 11.4. The van der Waals surface area contributed by atoms with E-state index >= 15 is 0 Å². The predicted molar refractivity (Wildman–Crippen MR) is 64.6 cm³/mol. The molecule has 6 heteroatoms. The summed E-state index contributed by atoms with van der Waals surface area (Å²) in [6.45, 7) is 3.85. The number of hydrogen-bond donors (Lipinski definition) is 2. The third-order valence-corrected chi connectivity index (χ3v) is 2.36. The molecule has 0 spiro atoms. The highest BCUT2D eigenvalue weighted by Gasteiger charge is 2.09. The van der Waals surface area contributed by atoms with E-state index in [1.165, 1.54) is 0 Å². The number of rotatable bonds is 4. The number of nitrogens with one attached hydrogen (secondary N) is 1. The fourth-order valence-corrected chi connectivity index (χ4v) is 1.62. The van der Waals surface area contributed by atoms with Gasteiger partial charge in [0.15, 0.2) is 5.65 Å². The maximum atomic E-state index is 10.8. The van der Waals surface area contributed by atoms with Gasteiger partial charge < -0.3 is 11.1 Å². The molecule has 2 heterocycles. The largest absolute Gasteiger partial charge is 0.370 e. The highest BCUT2D eigenvalue weighted by Crippen LogP contribution is 2.08. The number of amides is 1. The van der Waals surface area contributed by atoms with E-state index in [9.17, 15) is 4.79 Å². The number of primary amides is 1. The van der Waals surface area contributed by atoms with Gasteiger partial charge in [-0.1, -0.05) is 6.07 Å². The molecule has 2 aromatic rings. The maximum Gasteiger partial charge on any atom is 0.243 e. The van der Waals surface area contributed by atoms with Crippen LogP contribution in [0.4, 0.5) is 5.95 Å². The monoisotopic (exact) mass is 233 g/mol. The predicted octanol–water partition coefficient (Wildman–Crippen LogP) is 0.714. The molecule has 17 heavy (non-hydrogen) atoms. The summed E-state index contributed by atoms with van der Waals surface area (Å²) >= 11 is 0. The summed E-state index contributed by atoms with van der Waals surface area (Å²) < 4.78 is 1.70. The molecule has 1 amide bonds.